The van der Waals surface area contributed by atoms with Gasteiger partial charge in [-0.2, -0.15) is 4.68 Å². The summed E-state index contributed by atoms with van der Waals surface area (Å²) in [6, 6.07) is 15.6. The Labute approximate surface area is 204 Å². The molecule has 0 spiro atoms. The Balaban J connectivity index is 1.46. The van der Waals surface area contributed by atoms with Gasteiger partial charge in [0.05, 0.1) is 5.69 Å². The smallest absolute Gasteiger partial charge is 0.336 e. The molecule has 2 aromatic carbocycles. The molecule has 1 aromatic heterocycles. The van der Waals surface area contributed by atoms with Gasteiger partial charge in [-0.05, 0) is 49.1 Å². The number of thioether (sulfide) groups is 1. The van der Waals surface area contributed by atoms with Crippen LogP contribution in [0.15, 0.2) is 73.8 Å². The van der Waals surface area contributed by atoms with Crippen LogP contribution >= 0.6 is 11.8 Å². The highest BCUT2D eigenvalue weighted by molar-refractivity contribution is 7.98. The van der Waals surface area contributed by atoms with Crippen molar-refractivity contribution in [3.8, 4) is 22.8 Å². The fraction of sp³-hybridized carbons (Fsp3) is 0.231. The molecule has 6 rings (SSSR count). The number of hydrogen-bond donors (Lipinski definition) is 1. The SMILES string of the molecule is O=c1cc(CSc2nc3nn(-c4ccccc4)c(=O)c-3c3n2CCCCC3)c2ccc(O)cc2o1. The predicted octanol–water partition coefficient (Wildman–Crippen LogP) is 4.36. The lowest BCUT2D eigenvalue weighted by Gasteiger charge is -2.17. The Kier molecular flexibility index (Phi) is 5.41. The molecule has 3 aliphatic heterocycles. The third-order valence-corrected chi connectivity index (χ3v) is 7.36. The van der Waals surface area contributed by atoms with Gasteiger partial charge in [0.1, 0.15) is 16.9 Å². The maximum atomic E-state index is 13.4. The van der Waals surface area contributed by atoms with Gasteiger partial charge in [-0.15, -0.1) is 5.10 Å². The number of fused-ring (bicyclic) bond motifs is 4. The number of rotatable bonds is 4. The average Bonchev–Trinajstić information content (AvgIpc) is 3.02. The number of aromatic hydroxyl groups is 1. The maximum Gasteiger partial charge on any atom is 0.336 e. The summed E-state index contributed by atoms with van der Waals surface area (Å²) in [5.74, 6) is 0.965. The third kappa shape index (κ3) is 3.91. The molecule has 0 saturated carbocycles. The molecule has 0 bridgehead atoms. The van der Waals surface area contributed by atoms with E-state index < -0.39 is 5.63 Å². The van der Waals surface area contributed by atoms with E-state index in [0.717, 1.165) is 54.0 Å². The Morgan fingerprint density at radius 3 is 2.74 bits per heavy atom. The van der Waals surface area contributed by atoms with Crippen LogP contribution in [0.3, 0.4) is 0 Å². The van der Waals surface area contributed by atoms with Crippen molar-refractivity contribution in [3.05, 3.63) is 86.6 Å². The Hall–Kier alpha value is -3.85. The number of para-hydroxylation sites is 1. The lowest BCUT2D eigenvalue weighted by molar-refractivity contribution is 0.473. The summed E-state index contributed by atoms with van der Waals surface area (Å²) in [5.41, 5.74) is 2.80. The van der Waals surface area contributed by atoms with E-state index in [9.17, 15) is 14.7 Å². The van der Waals surface area contributed by atoms with E-state index in [4.69, 9.17) is 9.40 Å². The molecule has 35 heavy (non-hydrogen) atoms. The van der Waals surface area contributed by atoms with E-state index in [0.29, 0.717) is 28.4 Å². The molecule has 0 unspecified atom stereocenters. The Morgan fingerprint density at radius 2 is 1.89 bits per heavy atom. The molecule has 0 aliphatic carbocycles. The Bertz CT molecular complexity index is 1640. The van der Waals surface area contributed by atoms with E-state index in [2.05, 4.69) is 9.67 Å². The standard InChI is InChI=1S/C26H22N4O4S/c31-18-10-11-19-16(13-22(32)34-21(19)14-18)15-35-26-27-24-23(20-9-5-2-6-12-29(20)26)25(33)30(28-24)17-7-3-1-4-8-17/h1,3-4,7-8,10-11,13-14,31H,2,5-6,9,12,15H2. The second-order valence-electron chi connectivity index (χ2n) is 8.61. The van der Waals surface area contributed by atoms with Gasteiger partial charge in [0, 0.05) is 35.5 Å². The summed E-state index contributed by atoms with van der Waals surface area (Å²) in [7, 11) is 0. The van der Waals surface area contributed by atoms with E-state index in [1.165, 1.54) is 28.6 Å². The highest BCUT2D eigenvalue weighted by atomic mass is 32.2. The fourth-order valence-corrected chi connectivity index (χ4v) is 5.72. The van der Waals surface area contributed by atoms with Crippen molar-refractivity contribution >= 4 is 22.7 Å². The molecule has 0 amide bonds. The van der Waals surface area contributed by atoms with Gasteiger partial charge in [-0.25, -0.2) is 9.78 Å². The minimum Gasteiger partial charge on any atom is -0.508 e. The van der Waals surface area contributed by atoms with Crippen LogP contribution in [-0.4, -0.2) is 24.4 Å². The molecular weight excluding hydrogens is 464 g/mol. The largest absolute Gasteiger partial charge is 0.508 e. The number of phenolic OH excluding ortho intramolecular Hbond substituents is 1. The normalized spacial score (nSPS) is 13.7. The van der Waals surface area contributed by atoms with Crippen LogP contribution in [0.25, 0.3) is 28.0 Å². The van der Waals surface area contributed by atoms with E-state index >= 15 is 0 Å². The summed E-state index contributed by atoms with van der Waals surface area (Å²) < 4.78 is 8.85. The van der Waals surface area contributed by atoms with Crippen molar-refractivity contribution in [2.45, 2.75) is 43.1 Å². The molecule has 1 N–H and O–H groups in total. The third-order valence-electron chi connectivity index (χ3n) is 6.34. The molecular formula is C26H22N4O4S. The number of aromatic nitrogens is 4. The highest BCUT2D eigenvalue weighted by Gasteiger charge is 2.27. The van der Waals surface area contributed by atoms with E-state index in [-0.39, 0.29) is 11.3 Å². The second-order valence-corrected chi connectivity index (χ2v) is 9.56. The van der Waals surface area contributed by atoms with Crippen LogP contribution in [0.2, 0.25) is 0 Å². The average molecular weight is 487 g/mol. The van der Waals surface area contributed by atoms with Crippen LogP contribution < -0.4 is 11.2 Å². The Morgan fingerprint density at radius 1 is 1.03 bits per heavy atom. The first kappa shape index (κ1) is 21.7. The van der Waals surface area contributed by atoms with Crippen molar-refractivity contribution in [2.24, 2.45) is 0 Å². The lowest BCUT2D eigenvalue weighted by atomic mass is 10.1. The van der Waals surface area contributed by atoms with Gasteiger partial charge < -0.3 is 14.1 Å². The van der Waals surface area contributed by atoms with Crippen LogP contribution in [-0.2, 0) is 18.7 Å². The minimum absolute atomic E-state index is 0.0425. The quantitative estimate of drug-likeness (QED) is 0.229. The van der Waals surface area contributed by atoms with Crippen LogP contribution in [0, 0.1) is 0 Å². The molecule has 3 aromatic rings. The summed E-state index contributed by atoms with van der Waals surface area (Å²) in [6.07, 6.45) is 3.89. The predicted molar refractivity (Wildman–Crippen MR) is 134 cm³/mol. The molecule has 0 radical (unpaired) electrons. The van der Waals surface area contributed by atoms with Crippen molar-refractivity contribution in [2.75, 3.05) is 0 Å². The van der Waals surface area contributed by atoms with Gasteiger partial charge in [0.25, 0.3) is 5.56 Å². The number of benzene rings is 2. The highest BCUT2D eigenvalue weighted by Crippen LogP contribution is 2.33. The van der Waals surface area contributed by atoms with Crippen LogP contribution in [0.4, 0.5) is 0 Å². The first-order valence-corrected chi connectivity index (χ1v) is 12.5. The summed E-state index contributed by atoms with van der Waals surface area (Å²) in [6.45, 7) is 0.780. The molecule has 4 heterocycles. The maximum absolute atomic E-state index is 13.4. The van der Waals surface area contributed by atoms with Crippen LogP contribution in [0.5, 0.6) is 5.75 Å². The zero-order valence-corrected chi connectivity index (χ0v) is 19.6. The zero-order valence-electron chi connectivity index (χ0n) is 18.8. The molecule has 8 nitrogen and oxygen atoms in total. The van der Waals surface area contributed by atoms with Gasteiger partial charge in [0.15, 0.2) is 11.0 Å². The second kappa shape index (κ2) is 8.74. The van der Waals surface area contributed by atoms with Crippen molar-refractivity contribution < 1.29 is 9.52 Å². The molecule has 3 aliphatic rings. The van der Waals surface area contributed by atoms with Gasteiger partial charge >= 0.3 is 5.63 Å². The molecule has 0 fully saturated rings. The van der Waals surface area contributed by atoms with Gasteiger partial charge in [-0.3, -0.25) is 4.79 Å². The lowest BCUT2D eigenvalue weighted by Crippen LogP contribution is -2.19. The first-order chi connectivity index (χ1) is 17.1. The van der Waals surface area contributed by atoms with E-state index in [1.807, 2.05) is 30.3 Å². The molecule has 0 atom stereocenters. The monoisotopic (exact) mass is 486 g/mol. The van der Waals surface area contributed by atoms with Crippen molar-refractivity contribution in [1.29, 1.82) is 0 Å². The number of nitrogens with zero attached hydrogens (tertiary/aromatic N) is 4. The summed E-state index contributed by atoms with van der Waals surface area (Å²) in [4.78, 5) is 30.3. The minimum atomic E-state index is -0.466. The zero-order chi connectivity index (χ0) is 23.9. The molecule has 9 heteroatoms. The van der Waals surface area contributed by atoms with E-state index in [1.54, 1.807) is 12.1 Å². The summed E-state index contributed by atoms with van der Waals surface area (Å²) >= 11 is 1.51. The molecule has 0 saturated heterocycles. The number of phenols is 1. The van der Waals surface area contributed by atoms with Gasteiger partial charge in [0.2, 0.25) is 0 Å². The van der Waals surface area contributed by atoms with Crippen molar-refractivity contribution in [3.63, 3.8) is 0 Å². The van der Waals surface area contributed by atoms with Crippen LogP contribution in [0.1, 0.15) is 30.5 Å². The molecule has 176 valence electrons. The summed E-state index contributed by atoms with van der Waals surface area (Å²) in [5, 5.41) is 15.9. The first-order valence-electron chi connectivity index (χ1n) is 11.5. The van der Waals surface area contributed by atoms with Gasteiger partial charge in [-0.1, -0.05) is 36.4 Å². The van der Waals surface area contributed by atoms with Crippen molar-refractivity contribution in [1.82, 2.24) is 19.3 Å². The number of hydrogen-bond acceptors (Lipinski definition) is 7. The fourth-order valence-electron chi connectivity index (χ4n) is 4.69. The topological polar surface area (TPSA) is 103 Å².